The van der Waals surface area contributed by atoms with Crippen molar-refractivity contribution in [3.05, 3.63) is 18.3 Å². The fourth-order valence-corrected chi connectivity index (χ4v) is 0.975. The summed E-state index contributed by atoms with van der Waals surface area (Å²) in [5.74, 6) is 0.801. The van der Waals surface area contributed by atoms with Crippen molar-refractivity contribution in [1.82, 2.24) is 4.98 Å². The molecule has 0 saturated carbocycles. The van der Waals surface area contributed by atoms with Gasteiger partial charge in [-0.25, -0.2) is 4.98 Å². The molecule has 0 fully saturated rings. The highest BCUT2D eigenvalue weighted by Crippen LogP contribution is 2.11. The van der Waals surface area contributed by atoms with E-state index in [0.717, 1.165) is 5.82 Å². The molecule has 13 heavy (non-hydrogen) atoms. The lowest BCUT2D eigenvalue weighted by atomic mass is 10.3. The minimum Gasteiger partial charge on any atom is -0.399 e. The third-order valence-electron chi connectivity index (χ3n) is 1.72. The fraction of sp³-hybridized carbons (Fsp3) is 0.333. The number of hydrogen-bond acceptors (Lipinski definition) is 4. The van der Waals surface area contributed by atoms with Crippen LogP contribution in [0, 0.1) is 11.3 Å². The minimum atomic E-state index is 0.493. The molecule has 1 aromatic heterocycles. The Morgan fingerprint density at radius 1 is 1.69 bits per heavy atom. The van der Waals surface area contributed by atoms with E-state index >= 15 is 0 Å². The van der Waals surface area contributed by atoms with E-state index in [9.17, 15) is 0 Å². The minimum absolute atomic E-state index is 0.493. The molecule has 0 amide bonds. The van der Waals surface area contributed by atoms with Crippen LogP contribution in [0.1, 0.15) is 6.42 Å². The summed E-state index contributed by atoms with van der Waals surface area (Å²) < 4.78 is 0. The van der Waals surface area contributed by atoms with E-state index < -0.39 is 0 Å². The summed E-state index contributed by atoms with van der Waals surface area (Å²) in [6, 6.07) is 5.61. The second kappa shape index (κ2) is 4.31. The molecule has 0 aliphatic heterocycles. The van der Waals surface area contributed by atoms with E-state index in [-0.39, 0.29) is 0 Å². The van der Waals surface area contributed by atoms with E-state index in [0.29, 0.717) is 18.7 Å². The summed E-state index contributed by atoms with van der Waals surface area (Å²) >= 11 is 0. The van der Waals surface area contributed by atoms with Crippen molar-refractivity contribution in [1.29, 1.82) is 5.26 Å². The van der Waals surface area contributed by atoms with Gasteiger partial charge in [0.15, 0.2) is 0 Å². The van der Waals surface area contributed by atoms with Gasteiger partial charge in [-0.15, -0.1) is 0 Å². The third-order valence-corrected chi connectivity index (χ3v) is 1.72. The van der Waals surface area contributed by atoms with Crippen molar-refractivity contribution in [3.63, 3.8) is 0 Å². The molecule has 0 aliphatic rings. The molecule has 0 aromatic carbocycles. The van der Waals surface area contributed by atoms with Crippen LogP contribution in [0.5, 0.6) is 0 Å². The number of aromatic nitrogens is 1. The van der Waals surface area contributed by atoms with Crippen molar-refractivity contribution in [2.24, 2.45) is 0 Å². The summed E-state index contributed by atoms with van der Waals surface area (Å²) in [5, 5.41) is 8.39. The van der Waals surface area contributed by atoms with E-state index in [1.807, 2.05) is 11.9 Å². The van der Waals surface area contributed by atoms with Crippen molar-refractivity contribution < 1.29 is 0 Å². The van der Waals surface area contributed by atoms with Crippen molar-refractivity contribution in [3.8, 4) is 6.07 Å². The van der Waals surface area contributed by atoms with E-state index in [2.05, 4.69) is 11.1 Å². The molecule has 4 nitrogen and oxygen atoms in total. The van der Waals surface area contributed by atoms with Gasteiger partial charge in [-0.2, -0.15) is 5.26 Å². The quantitative estimate of drug-likeness (QED) is 0.746. The van der Waals surface area contributed by atoms with Crippen LogP contribution in [0.2, 0.25) is 0 Å². The zero-order valence-electron chi connectivity index (χ0n) is 7.57. The highest BCUT2D eigenvalue weighted by atomic mass is 15.2. The van der Waals surface area contributed by atoms with Gasteiger partial charge in [-0.1, -0.05) is 0 Å². The lowest BCUT2D eigenvalue weighted by Gasteiger charge is -2.16. The Bertz CT molecular complexity index is 316. The summed E-state index contributed by atoms with van der Waals surface area (Å²) in [7, 11) is 1.89. The largest absolute Gasteiger partial charge is 0.399 e. The molecule has 1 heterocycles. The standard InChI is InChI=1S/C9H12N4/c1-13(6-2-4-10)9-7-8(11)3-5-12-9/h3,5,7H,2,6H2,1H3,(H2,11,12). The van der Waals surface area contributed by atoms with Crippen LogP contribution in [-0.4, -0.2) is 18.6 Å². The number of nitriles is 1. The number of nitrogens with zero attached hydrogens (tertiary/aromatic N) is 3. The molecule has 0 unspecified atom stereocenters. The molecule has 1 aromatic rings. The molecule has 68 valence electrons. The Kier molecular flexibility index (Phi) is 3.09. The van der Waals surface area contributed by atoms with Crippen LogP contribution >= 0.6 is 0 Å². The molecule has 2 N–H and O–H groups in total. The average molecular weight is 176 g/mol. The zero-order valence-corrected chi connectivity index (χ0v) is 7.57. The first-order valence-electron chi connectivity index (χ1n) is 4.03. The van der Waals surface area contributed by atoms with Gasteiger partial charge < -0.3 is 10.6 Å². The van der Waals surface area contributed by atoms with Crippen LogP contribution < -0.4 is 10.6 Å². The lowest BCUT2D eigenvalue weighted by molar-refractivity contribution is 0.885. The number of rotatable bonds is 3. The number of hydrogen-bond donors (Lipinski definition) is 1. The second-order valence-corrected chi connectivity index (χ2v) is 2.78. The molecule has 0 aliphatic carbocycles. The Hall–Kier alpha value is -1.76. The molecule has 0 radical (unpaired) electrons. The Morgan fingerprint density at radius 2 is 2.46 bits per heavy atom. The molecular weight excluding hydrogens is 164 g/mol. The van der Waals surface area contributed by atoms with Crippen molar-refractivity contribution in [2.45, 2.75) is 6.42 Å². The fourth-order valence-electron chi connectivity index (χ4n) is 0.975. The molecule has 0 atom stereocenters. The predicted octanol–water partition coefficient (Wildman–Crippen LogP) is 1.01. The Labute approximate surface area is 77.6 Å². The van der Waals surface area contributed by atoms with E-state index in [1.54, 1.807) is 18.3 Å². The molecule has 0 bridgehead atoms. The highest BCUT2D eigenvalue weighted by Gasteiger charge is 2.00. The maximum atomic E-state index is 8.39. The normalized spacial score (nSPS) is 9.23. The SMILES string of the molecule is CN(CCC#N)c1cc(N)ccn1. The zero-order chi connectivity index (χ0) is 9.68. The van der Waals surface area contributed by atoms with E-state index in [4.69, 9.17) is 11.0 Å². The van der Waals surface area contributed by atoms with Gasteiger partial charge in [0.25, 0.3) is 0 Å². The summed E-state index contributed by atoms with van der Waals surface area (Å²) in [5.41, 5.74) is 6.28. The Morgan fingerprint density at radius 3 is 3.08 bits per heavy atom. The molecular formula is C9H12N4. The number of anilines is 2. The number of nitrogen functional groups attached to an aromatic ring is 1. The molecule has 4 heteroatoms. The maximum absolute atomic E-state index is 8.39. The number of nitrogens with two attached hydrogens (primary N) is 1. The summed E-state index contributed by atoms with van der Waals surface area (Å²) in [6.07, 6.45) is 2.15. The highest BCUT2D eigenvalue weighted by molar-refractivity contribution is 5.49. The van der Waals surface area contributed by atoms with Gasteiger partial charge in [-0.05, 0) is 6.07 Å². The van der Waals surface area contributed by atoms with Crippen LogP contribution in [0.3, 0.4) is 0 Å². The van der Waals surface area contributed by atoms with Crippen LogP contribution in [-0.2, 0) is 0 Å². The molecule has 1 rings (SSSR count). The van der Waals surface area contributed by atoms with E-state index in [1.165, 1.54) is 0 Å². The van der Waals surface area contributed by atoms with Gasteiger partial charge >= 0.3 is 0 Å². The average Bonchev–Trinajstić information content (AvgIpc) is 2.14. The number of pyridine rings is 1. The second-order valence-electron chi connectivity index (χ2n) is 2.78. The predicted molar refractivity (Wildman–Crippen MR) is 52.1 cm³/mol. The Balaban J connectivity index is 2.66. The first kappa shape index (κ1) is 9.33. The van der Waals surface area contributed by atoms with Gasteiger partial charge in [-0.3, -0.25) is 0 Å². The summed E-state index contributed by atoms with van der Waals surface area (Å²) in [6.45, 7) is 0.674. The smallest absolute Gasteiger partial charge is 0.130 e. The monoisotopic (exact) mass is 176 g/mol. The van der Waals surface area contributed by atoms with Gasteiger partial charge in [0.05, 0.1) is 12.5 Å². The van der Waals surface area contributed by atoms with Crippen LogP contribution in [0.4, 0.5) is 11.5 Å². The van der Waals surface area contributed by atoms with Crippen LogP contribution in [0.15, 0.2) is 18.3 Å². The maximum Gasteiger partial charge on any atom is 0.130 e. The molecule has 0 spiro atoms. The summed E-state index contributed by atoms with van der Waals surface area (Å²) in [4.78, 5) is 6.03. The first-order valence-corrected chi connectivity index (χ1v) is 4.03. The lowest BCUT2D eigenvalue weighted by Crippen LogP contribution is -2.19. The van der Waals surface area contributed by atoms with Crippen molar-refractivity contribution >= 4 is 11.5 Å². The first-order chi connectivity index (χ1) is 6.24. The van der Waals surface area contributed by atoms with Crippen molar-refractivity contribution in [2.75, 3.05) is 24.2 Å². The van der Waals surface area contributed by atoms with Gasteiger partial charge in [0.1, 0.15) is 5.82 Å². The van der Waals surface area contributed by atoms with Gasteiger partial charge in [0, 0.05) is 31.5 Å². The topological polar surface area (TPSA) is 65.9 Å². The molecule has 0 saturated heterocycles. The van der Waals surface area contributed by atoms with Gasteiger partial charge in [0.2, 0.25) is 0 Å². The van der Waals surface area contributed by atoms with Crippen LogP contribution in [0.25, 0.3) is 0 Å². The third kappa shape index (κ3) is 2.64.